The molecule has 0 saturated heterocycles. The molecule has 1 aromatic carbocycles. The highest BCUT2D eigenvalue weighted by Crippen LogP contribution is 2.29. The number of aromatic nitrogens is 2. The van der Waals surface area contributed by atoms with Gasteiger partial charge in [-0.3, -0.25) is 4.79 Å². The van der Waals surface area contributed by atoms with Gasteiger partial charge in [0, 0.05) is 22.3 Å². The van der Waals surface area contributed by atoms with Crippen LogP contribution in [-0.4, -0.2) is 21.6 Å². The molecule has 0 aliphatic carbocycles. The number of H-pyrrole nitrogens is 1. The predicted molar refractivity (Wildman–Crippen MR) is 82.3 cm³/mol. The molecule has 0 spiro atoms. The summed E-state index contributed by atoms with van der Waals surface area (Å²) in [5.41, 5.74) is 0. The molecule has 0 aliphatic heterocycles. The highest BCUT2D eigenvalue weighted by Gasteiger charge is 2.12. The van der Waals surface area contributed by atoms with Crippen molar-refractivity contribution < 1.29 is 4.79 Å². The Morgan fingerprint density at radius 2 is 2.30 bits per heavy atom. The van der Waals surface area contributed by atoms with Crippen LogP contribution in [0.2, 0.25) is 10.0 Å². The minimum Gasteiger partial charge on any atom is -0.347 e. The molecule has 1 unspecified atom stereocenters. The molecule has 0 bridgehead atoms. The number of carbonyl (C=O) groups excluding carboxylic acids is 1. The summed E-state index contributed by atoms with van der Waals surface area (Å²) < 4.78 is 0. The number of imidazole rings is 1. The Morgan fingerprint density at radius 1 is 1.50 bits per heavy atom. The minimum atomic E-state index is -0.159. The van der Waals surface area contributed by atoms with Gasteiger partial charge in [-0.1, -0.05) is 23.2 Å². The largest absolute Gasteiger partial charge is 0.347 e. The lowest BCUT2D eigenvalue weighted by Gasteiger charge is -2.11. The molecule has 20 heavy (non-hydrogen) atoms. The first-order valence-electron chi connectivity index (χ1n) is 5.92. The Labute approximate surface area is 131 Å². The Morgan fingerprint density at radius 3 is 3.00 bits per heavy atom. The molecule has 0 saturated carbocycles. The van der Waals surface area contributed by atoms with Gasteiger partial charge in [0.15, 0.2) is 0 Å². The van der Waals surface area contributed by atoms with Crippen LogP contribution >= 0.6 is 35.0 Å². The molecule has 1 aromatic heterocycles. The number of aromatic amines is 1. The van der Waals surface area contributed by atoms with Gasteiger partial charge in [0.1, 0.15) is 5.82 Å². The molecular weight excluding hydrogens is 317 g/mol. The van der Waals surface area contributed by atoms with Gasteiger partial charge in [-0.25, -0.2) is 4.98 Å². The zero-order valence-electron chi connectivity index (χ0n) is 10.7. The number of amides is 1. The Hall–Kier alpha value is -1.17. The summed E-state index contributed by atoms with van der Waals surface area (Å²) in [6.07, 6.45) is 3.37. The lowest BCUT2D eigenvalue weighted by molar-refractivity contribution is -0.119. The molecule has 106 valence electrons. The van der Waals surface area contributed by atoms with Crippen LogP contribution in [0.3, 0.4) is 0 Å². The summed E-state index contributed by atoms with van der Waals surface area (Å²) in [6.45, 7) is 1.87. The number of hydrogen-bond donors (Lipinski definition) is 2. The first-order chi connectivity index (χ1) is 9.56. The Kier molecular flexibility index (Phi) is 5.34. The van der Waals surface area contributed by atoms with Gasteiger partial charge in [-0.05, 0) is 25.1 Å². The third kappa shape index (κ3) is 4.16. The van der Waals surface area contributed by atoms with Crippen LogP contribution in [0, 0.1) is 0 Å². The smallest absolute Gasteiger partial charge is 0.230 e. The van der Waals surface area contributed by atoms with E-state index < -0.39 is 0 Å². The van der Waals surface area contributed by atoms with Crippen molar-refractivity contribution in [2.45, 2.75) is 17.9 Å². The van der Waals surface area contributed by atoms with Crippen LogP contribution in [0.25, 0.3) is 0 Å². The number of nitrogens with zero attached hydrogens (tertiary/aromatic N) is 1. The summed E-state index contributed by atoms with van der Waals surface area (Å²) >= 11 is 13.3. The van der Waals surface area contributed by atoms with Crippen LogP contribution in [0.5, 0.6) is 0 Å². The fourth-order valence-electron chi connectivity index (χ4n) is 1.60. The minimum absolute atomic E-state index is 0.0880. The highest BCUT2D eigenvalue weighted by molar-refractivity contribution is 8.00. The number of thioether (sulfide) groups is 1. The lowest BCUT2D eigenvalue weighted by atomic mass is 10.3. The lowest BCUT2D eigenvalue weighted by Crippen LogP contribution is -2.28. The van der Waals surface area contributed by atoms with Crippen LogP contribution < -0.4 is 5.32 Å². The zero-order valence-corrected chi connectivity index (χ0v) is 13.0. The van der Waals surface area contributed by atoms with E-state index in [2.05, 4.69) is 15.3 Å². The molecule has 2 N–H and O–H groups in total. The topological polar surface area (TPSA) is 57.8 Å². The van der Waals surface area contributed by atoms with Gasteiger partial charge >= 0.3 is 0 Å². The second kappa shape index (κ2) is 7.02. The van der Waals surface area contributed by atoms with Crippen molar-refractivity contribution in [2.75, 3.05) is 5.75 Å². The molecule has 2 rings (SSSR count). The van der Waals surface area contributed by atoms with Gasteiger partial charge in [-0.2, -0.15) is 0 Å². The summed E-state index contributed by atoms with van der Waals surface area (Å²) in [7, 11) is 0. The van der Waals surface area contributed by atoms with Crippen molar-refractivity contribution in [1.82, 2.24) is 15.3 Å². The van der Waals surface area contributed by atoms with Crippen LogP contribution in [0.15, 0.2) is 35.5 Å². The summed E-state index contributed by atoms with van der Waals surface area (Å²) in [4.78, 5) is 19.7. The second-order valence-corrected chi connectivity index (χ2v) is 5.99. The number of benzene rings is 1. The van der Waals surface area contributed by atoms with Gasteiger partial charge in [0.05, 0.1) is 16.8 Å². The van der Waals surface area contributed by atoms with E-state index in [-0.39, 0.29) is 17.7 Å². The third-order valence-electron chi connectivity index (χ3n) is 2.56. The first-order valence-corrected chi connectivity index (χ1v) is 7.67. The zero-order chi connectivity index (χ0) is 14.5. The normalized spacial score (nSPS) is 12.2. The van der Waals surface area contributed by atoms with Crippen molar-refractivity contribution in [3.8, 4) is 0 Å². The quantitative estimate of drug-likeness (QED) is 0.822. The molecule has 4 nitrogen and oxygen atoms in total. The average molecular weight is 330 g/mol. The number of nitrogens with one attached hydrogen (secondary N) is 2. The molecule has 1 heterocycles. The molecule has 7 heteroatoms. The first kappa shape index (κ1) is 15.2. The summed E-state index contributed by atoms with van der Waals surface area (Å²) in [6, 6.07) is 5.02. The molecular formula is C13H13Cl2N3OS. The third-order valence-corrected chi connectivity index (χ3v) is 4.29. The summed E-state index contributed by atoms with van der Waals surface area (Å²) in [5.74, 6) is 0.907. The average Bonchev–Trinajstić information content (AvgIpc) is 2.94. The van der Waals surface area contributed by atoms with Crippen molar-refractivity contribution >= 4 is 40.9 Å². The monoisotopic (exact) mass is 329 g/mol. The maximum absolute atomic E-state index is 11.9. The molecule has 0 aliphatic rings. The molecule has 2 aromatic rings. The van der Waals surface area contributed by atoms with E-state index in [4.69, 9.17) is 23.2 Å². The van der Waals surface area contributed by atoms with E-state index in [0.717, 1.165) is 10.7 Å². The standard InChI is InChI=1S/C13H13Cl2N3OS/c1-8(13-16-4-5-17-13)18-12(19)7-20-11-6-9(14)2-3-10(11)15/h2-6,8H,7H2,1H3,(H,16,17)(H,18,19). The maximum atomic E-state index is 11.9. The molecule has 0 fully saturated rings. The van der Waals surface area contributed by atoms with E-state index in [9.17, 15) is 4.79 Å². The number of carbonyl (C=O) groups is 1. The second-order valence-electron chi connectivity index (χ2n) is 4.13. The fourth-order valence-corrected chi connectivity index (χ4v) is 2.90. The fraction of sp³-hybridized carbons (Fsp3) is 0.231. The SMILES string of the molecule is CC(NC(=O)CSc1cc(Cl)ccc1Cl)c1ncc[nH]1. The number of rotatable bonds is 5. The maximum Gasteiger partial charge on any atom is 0.230 e. The van der Waals surface area contributed by atoms with Crippen molar-refractivity contribution in [3.05, 3.63) is 46.5 Å². The van der Waals surface area contributed by atoms with E-state index in [1.54, 1.807) is 30.6 Å². The number of hydrogen-bond acceptors (Lipinski definition) is 3. The van der Waals surface area contributed by atoms with E-state index in [1.807, 2.05) is 6.92 Å². The molecule has 0 radical (unpaired) electrons. The van der Waals surface area contributed by atoms with Gasteiger partial charge < -0.3 is 10.3 Å². The molecule has 1 atom stereocenters. The van der Waals surface area contributed by atoms with Gasteiger partial charge in [0.25, 0.3) is 0 Å². The van der Waals surface area contributed by atoms with E-state index in [1.165, 1.54) is 11.8 Å². The molecule has 1 amide bonds. The van der Waals surface area contributed by atoms with Crippen molar-refractivity contribution in [3.63, 3.8) is 0 Å². The van der Waals surface area contributed by atoms with Crippen LogP contribution in [-0.2, 0) is 4.79 Å². The van der Waals surface area contributed by atoms with Crippen LogP contribution in [0.1, 0.15) is 18.8 Å². The van der Waals surface area contributed by atoms with E-state index in [0.29, 0.717) is 10.0 Å². The Bertz CT molecular complexity index is 589. The number of halogens is 2. The predicted octanol–water partition coefficient (Wildman–Crippen LogP) is 3.69. The van der Waals surface area contributed by atoms with Gasteiger partial charge in [-0.15, -0.1) is 11.8 Å². The van der Waals surface area contributed by atoms with Crippen molar-refractivity contribution in [1.29, 1.82) is 0 Å². The highest BCUT2D eigenvalue weighted by atomic mass is 35.5. The van der Waals surface area contributed by atoms with Gasteiger partial charge in [0.2, 0.25) is 5.91 Å². The van der Waals surface area contributed by atoms with Crippen molar-refractivity contribution in [2.24, 2.45) is 0 Å². The summed E-state index contributed by atoms with van der Waals surface area (Å²) in [5, 5.41) is 4.04. The Balaban J connectivity index is 1.87. The van der Waals surface area contributed by atoms with E-state index >= 15 is 0 Å². The van der Waals surface area contributed by atoms with Crippen LogP contribution in [0.4, 0.5) is 0 Å².